The molecule has 0 atom stereocenters. The zero-order valence-electron chi connectivity index (χ0n) is 13.6. The highest BCUT2D eigenvalue weighted by atomic mass is 16.1. The van der Waals surface area contributed by atoms with E-state index in [1.165, 1.54) is 18.2 Å². The van der Waals surface area contributed by atoms with E-state index in [4.69, 9.17) is 0 Å². The molecule has 1 aliphatic carbocycles. The average molecular weight is 340 g/mol. The molecule has 0 amide bonds. The maximum Gasteiger partial charge on any atom is 0.240 e. The number of hydrogen-bond acceptors (Lipinski definition) is 8. The summed E-state index contributed by atoms with van der Waals surface area (Å²) in [6, 6.07) is 5.07. The van der Waals surface area contributed by atoms with Gasteiger partial charge in [0.1, 0.15) is 0 Å². The number of nitrogens with zero attached hydrogens (tertiary/aromatic N) is 4. The minimum Gasteiger partial charge on any atom is -0.211 e. The fraction of sp³-hybridized carbons (Fsp3) is 0.412. The lowest BCUT2D eigenvalue weighted by molar-refractivity contribution is 0.394. The van der Waals surface area contributed by atoms with Gasteiger partial charge in [-0.25, -0.2) is 29.2 Å². The molecule has 1 aliphatic rings. The Morgan fingerprint density at radius 3 is 1.76 bits per heavy atom. The highest BCUT2D eigenvalue weighted by Crippen LogP contribution is 2.24. The van der Waals surface area contributed by atoms with E-state index in [1.807, 2.05) is 0 Å². The van der Waals surface area contributed by atoms with Crippen LogP contribution in [0.4, 0.5) is 11.4 Å². The van der Waals surface area contributed by atoms with Crippen molar-refractivity contribution in [3.8, 4) is 0 Å². The van der Waals surface area contributed by atoms with Gasteiger partial charge >= 0.3 is 0 Å². The standard InChI is InChI=1S/C9H6N2O2.C8H10N2O2/c1-7-2-3-8(10-5-12)4-9(7)11-6-13;11-5-9-7-1-2-8(4-3-7)10-6-12/h2-4H,1H3;7-8H,1-4H2. The Labute approximate surface area is 144 Å². The third-order valence-corrected chi connectivity index (χ3v) is 3.67. The van der Waals surface area contributed by atoms with E-state index in [0.29, 0.717) is 11.4 Å². The first-order valence-corrected chi connectivity index (χ1v) is 7.55. The third-order valence-electron chi connectivity index (χ3n) is 3.67. The summed E-state index contributed by atoms with van der Waals surface area (Å²) >= 11 is 0. The van der Waals surface area contributed by atoms with Crippen LogP contribution in [0.25, 0.3) is 0 Å². The van der Waals surface area contributed by atoms with Crippen molar-refractivity contribution in [2.45, 2.75) is 44.7 Å². The number of aliphatic imine (C=N–C) groups is 4. The lowest BCUT2D eigenvalue weighted by Crippen LogP contribution is -2.19. The molecule has 1 aromatic carbocycles. The topological polar surface area (TPSA) is 118 Å². The van der Waals surface area contributed by atoms with Gasteiger partial charge in [-0.15, -0.1) is 0 Å². The fourth-order valence-electron chi connectivity index (χ4n) is 2.36. The van der Waals surface area contributed by atoms with Crippen LogP contribution in [-0.4, -0.2) is 36.4 Å². The van der Waals surface area contributed by atoms with Gasteiger partial charge in [-0.2, -0.15) is 9.98 Å². The molecule has 0 radical (unpaired) electrons. The van der Waals surface area contributed by atoms with Crippen LogP contribution >= 0.6 is 0 Å². The van der Waals surface area contributed by atoms with Crippen molar-refractivity contribution >= 4 is 35.7 Å². The number of hydrogen-bond donors (Lipinski definition) is 0. The number of aryl methyl sites for hydroxylation is 1. The lowest BCUT2D eigenvalue weighted by Gasteiger charge is -2.20. The molecule has 0 aliphatic heterocycles. The van der Waals surface area contributed by atoms with Crippen molar-refractivity contribution < 1.29 is 19.2 Å². The molecule has 128 valence electrons. The molecular formula is C17H16N4O4. The second-order valence-electron chi connectivity index (χ2n) is 5.28. The second kappa shape index (κ2) is 11.3. The summed E-state index contributed by atoms with van der Waals surface area (Å²) in [5.74, 6) is 0. The van der Waals surface area contributed by atoms with Gasteiger partial charge in [-0.1, -0.05) is 6.07 Å². The summed E-state index contributed by atoms with van der Waals surface area (Å²) in [6.07, 6.45) is 9.24. The van der Waals surface area contributed by atoms with Crippen molar-refractivity contribution in [3.05, 3.63) is 23.8 Å². The first-order chi connectivity index (χ1) is 12.1. The van der Waals surface area contributed by atoms with Crippen molar-refractivity contribution in [1.29, 1.82) is 0 Å². The molecule has 0 unspecified atom stereocenters. The Bertz CT molecular complexity index is 748. The minimum atomic E-state index is 0.0978. The molecule has 0 saturated heterocycles. The van der Waals surface area contributed by atoms with Crippen LogP contribution in [0.1, 0.15) is 31.2 Å². The Morgan fingerprint density at radius 1 is 0.800 bits per heavy atom. The van der Waals surface area contributed by atoms with E-state index in [1.54, 1.807) is 31.2 Å². The molecule has 0 aromatic heterocycles. The zero-order chi connectivity index (χ0) is 18.5. The molecule has 1 saturated carbocycles. The van der Waals surface area contributed by atoms with Gasteiger partial charge < -0.3 is 0 Å². The number of benzene rings is 1. The smallest absolute Gasteiger partial charge is 0.211 e. The van der Waals surface area contributed by atoms with E-state index >= 15 is 0 Å². The van der Waals surface area contributed by atoms with Crippen LogP contribution in [0.15, 0.2) is 38.2 Å². The monoisotopic (exact) mass is 340 g/mol. The van der Waals surface area contributed by atoms with Crippen molar-refractivity contribution in [2.24, 2.45) is 20.0 Å². The first-order valence-electron chi connectivity index (χ1n) is 7.55. The summed E-state index contributed by atoms with van der Waals surface area (Å²) in [4.78, 5) is 53.8. The van der Waals surface area contributed by atoms with E-state index in [0.717, 1.165) is 31.2 Å². The molecule has 8 heteroatoms. The van der Waals surface area contributed by atoms with Gasteiger partial charge in [-0.3, -0.25) is 0 Å². The SMILES string of the molecule is Cc1ccc(N=C=O)cc1N=C=O.O=C=NC1CCC(N=C=O)CC1. The van der Waals surface area contributed by atoms with Gasteiger partial charge in [0.2, 0.25) is 24.3 Å². The fourth-order valence-corrected chi connectivity index (χ4v) is 2.36. The Kier molecular flexibility index (Phi) is 8.95. The summed E-state index contributed by atoms with van der Waals surface area (Å²) < 4.78 is 0. The zero-order valence-corrected chi connectivity index (χ0v) is 13.6. The van der Waals surface area contributed by atoms with Crippen LogP contribution in [0.5, 0.6) is 0 Å². The van der Waals surface area contributed by atoms with Crippen molar-refractivity contribution in [2.75, 3.05) is 0 Å². The summed E-state index contributed by atoms with van der Waals surface area (Å²) in [5, 5.41) is 0. The third kappa shape index (κ3) is 7.23. The second-order valence-corrected chi connectivity index (χ2v) is 5.28. The Hall–Kier alpha value is -3.26. The summed E-state index contributed by atoms with van der Waals surface area (Å²) in [6.45, 7) is 1.80. The molecule has 0 N–H and O–H groups in total. The molecular weight excluding hydrogens is 324 g/mol. The van der Waals surface area contributed by atoms with E-state index in [2.05, 4.69) is 20.0 Å². The van der Waals surface area contributed by atoms with Crippen molar-refractivity contribution in [3.63, 3.8) is 0 Å². The van der Waals surface area contributed by atoms with Crippen LogP contribution in [-0.2, 0) is 19.2 Å². The number of isocyanates is 4. The predicted molar refractivity (Wildman–Crippen MR) is 89.0 cm³/mol. The number of carbonyl (C=O) groups excluding carboxylic acids is 4. The van der Waals surface area contributed by atoms with Gasteiger partial charge in [-0.05, 0) is 50.3 Å². The molecule has 25 heavy (non-hydrogen) atoms. The summed E-state index contributed by atoms with van der Waals surface area (Å²) in [5.41, 5.74) is 1.72. The van der Waals surface area contributed by atoms with Crippen LogP contribution < -0.4 is 0 Å². The quantitative estimate of drug-likeness (QED) is 0.618. The highest BCUT2D eigenvalue weighted by molar-refractivity contribution is 5.61. The predicted octanol–water partition coefficient (Wildman–Crippen LogP) is 2.90. The minimum absolute atomic E-state index is 0.0978. The van der Waals surface area contributed by atoms with E-state index in [-0.39, 0.29) is 12.1 Å². The van der Waals surface area contributed by atoms with Crippen LogP contribution in [0.2, 0.25) is 0 Å². The molecule has 0 bridgehead atoms. The van der Waals surface area contributed by atoms with Crippen LogP contribution in [0, 0.1) is 6.92 Å². The molecule has 0 spiro atoms. The number of rotatable bonds is 4. The molecule has 1 aromatic rings. The van der Waals surface area contributed by atoms with E-state index in [9.17, 15) is 19.2 Å². The van der Waals surface area contributed by atoms with Gasteiger partial charge in [0.05, 0.1) is 23.5 Å². The first kappa shape index (κ1) is 19.8. The maximum absolute atomic E-state index is 10.00. The lowest BCUT2D eigenvalue weighted by atomic mass is 9.92. The molecule has 1 fully saturated rings. The van der Waals surface area contributed by atoms with Crippen molar-refractivity contribution in [1.82, 2.24) is 0 Å². The molecule has 0 heterocycles. The van der Waals surface area contributed by atoms with Gasteiger partial charge in [0.15, 0.2) is 0 Å². The average Bonchev–Trinajstić information content (AvgIpc) is 2.61. The van der Waals surface area contributed by atoms with Gasteiger partial charge in [0, 0.05) is 0 Å². The highest BCUT2D eigenvalue weighted by Gasteiger charge is 2.19. The maximum atomic E-state index is 10.00. The summed E-state index contributed by atoms with van der Waals surface area (Å²) in [7, 11) is 0. The largest absolute Gasteiger partial charge is 0.240 e. The van der Waals surface area contributed by atoms with Gasteiger partial charge in [0.25, 0.3) is 0 Å². The Morgan fingerprint density at radius 2 is 1.32 bits per heavy atom. The van der Waals surface area contributed by atoms with Crippen LogP contribution in [0.3, 0.4) is 0 Å². The van der Waals surface area contributed by atoms with E-state index < -0.39 is 0 Å². The Balaban J connectivity index is 0.000000251. The molecule has 8 nitrogen and oxygen atoms in total. The normalized spacial score (nSPS) is 18.0. The molecule has 2 rings (SSSR count).